The molecule has 0 saturated heterocycles. The van der Waals surface area contributed by atoms with Crippen molar-refractivity contribution in [1.29, 1.82) is 0 Å². The number of hydrogen-bond acceptors (Lipinski definition) is 6. The fourth-order valence-electron chi connectivity index (χ4n) is 2.58. The van der Waals surface area contributed by atoms with Crippen LogP contribution in [0.1, 0.15) is 20.3 Å². The molecule has 2 N–H and O–H groups in total. The molecule has 23 heavy (non-hydrogen) atoms. The van der Waals surface area contributed by atoms with Gasteiger partial charge < -0.3 is 23.8 Å². The highest BCUT2D eigenvalue weighted by molar-refractivity contribution is 6.01. The first-order valence-electron chi connectivity index (χ1n) is 7.31. The predicted molar refractivity (Wildman–Crippen MR) is 84.7 cm³/mol. The minimum atomic E-state index is -0.987. The molecular weight excluding hydrogens is 300 g/mol. The summed E-state index contributed by atoms with van der Waals surface area (Å²) in [6.45, 7) is 3.25. The summed E-state index contributed by atoms with van der Waals surface area (Å²) in [5, 5.41) is 21.1. The van der Waals surface area contributed by atoms with Crippen molar-refractivity contribution in [3.05, 3.63) is 40.9 Å². The van der Waals surface area contributed by atoms with Gasteiger partial charge in [-0.05, 0) is 26.0 Å². The van der Waals surface area contributed by atoms with Crippen molar-refractivity contribution >= 4 is 21.9 Å². The van der Waals surface area contributed by atoms with Gasteiger partial charge in [-0.1, -0.05) is 0 Å². The Bertz CT molecular complexity index is 883. The van der Waals surface area contributed by atoms with Gasteiger partial charge in [-0.25, -0.2) is 4.79 Å². The van der Waals surface area contributed by atoms with Crippen LogP contribution in [0.25, 0.3) is 21.9 Å². The van der Waals surface area contributed by atoms with Crippen molar-refractivity contribution < 1.29 is 23.8 Å². The van der Waals surface area contributed by atoms with Crippen molar-refractivity contribution in [1.82, 2.24) is 0 Å². The maximum Gasteiger partial charge on any atom is 0.336 e. The average molecular weight is 318 g/mol. The Morgan fingerprint density at radius 3 is 2.70 bits per heavy atom. The number of fused-ring (bicyclic) bond motifs is 2. The Labute approximate surface area is 131 Å². The second kappa shape index (κ2) is 5.72. The summed E-state index contributed by atoms with van der Waals surface area (Å²) in [5.74, 6) is 0.477. The fraction of sp³-hybridized carbons (Fsp3) is 0.353. The number of ether oxygens (including phenoxy) is 1. The van der Waals surface area contributed by atoms with Crippen LogP contribution in [0.4, 0.5) is 0 Å². The van der Waals surface area contributed by atoms with Gasteiger partial charge in [0.25, 0.3) is 0 Å². The van der Waals surface area contributed by atoms with Gasteiger partial charge in [0, 0.05) is 18.6 Å². The third-order valence-electron chi connectivity index (χ3n) is 3.46. The second-order valence-corrected chi connectivity index (χ2v) is 6.19. The van der Waals surface area contributed by atoms with Crippen molar-refractivity contribution in [2.45, 2.75) is 32.0 Å². The standard InChI is InChI=1S/C17H18O6/c1-17(2,20)8-10(18)9-22-16-11-3-4-15(19)23-14(11)7-13-12(16)5-6-21-13/h3-7,10,18,20H,8-9H2,1-2H3/t10-/m0/s1. The lowest BCUT2D eigenvalue weighted by Crippen LogP contribution is -2.30. The number of benzene rings is 1. The zero-order valence-electron chi connectivity index (χ0n) is 12.9. The van der Waals surface area contributed by atoms with Gasteiger partial charge in [0.05, 0.1) is 28.7 Å². The first-order valence-corrected chi connectivity index (χ1v) is 7.31. The average Bonchev–Trinajstić information content (AvgIpc) is 2.89. The quantitative estimate of drug-likeness (QED) is 0.702. The molecule has 0 amide bonds. The van der Waals surface area contributed by atoms with Crippen LogP contribution in [0.2, 0.25) is 0 Å². The van der Waals surface area contributed by atoms with Gasteiger partial charge in [0.1, 0.15) is 23.5 Å². The third-order valence-corrected chi connectivity index (χ3v) is 3.46. The van der Waals surface area contributed by atoms with Crippen LogP contribution in [-0.2, 0) is 0 Å². The Morgan fingerprint density at radius 2 is 1.96 bits per heavy atom. The molecule has 6 nitrogen and oxygen atoms in total. The summed E-state index contributed by atoms with van der Waals surface area (Å²) in [7, 11) is 0. The normalized spacial score (nSPS) is 13.6. The number of rotatable bonds is 5. The molecule has 2 aromatic heterocycles. The van der Waals surface area contributed by atoms with E-state index in [9.17, 15) is 15.0 Å². The zero-order chi connectivity index (χ0) is 16.6. The summed E-state index contributed by atoms with van der Waals surface area (Å²) in [6.07, 6.45) is 0.867. The van der Waals surface area contributed by atoms with Crippen molar-refractivity contribution in [3.8, 4) is 5.75 Å². The first-order chi connectivity index (χ1) is 10.8. The number of aliphatic hydroxyl groups is 2. The largest absolute Gasteiger partial charge is 0.489 e. The molecule has 2 heterocycles. The van der Waals surface area contributed by atoms with Gasteiger partial charge in [-0.2, -0.15) is 0 Å². The fourth-order valence-corrected chi connectivity index (χ4v) is 2.58. The molecule has 0 aliphatic rings. The lowest BCUT2D eigenvalue weighted by atomic mass is 10.0. The van der Waals surface area contributed by atoms with Crippen molar-refractivity contribution in [2.24, 2.45) is 0 Å². The van der Waals surface area contributed by atoms with E-state index in [2.05, 4.69) is 0 Å². The van der Waals surface area contributed by atoms with Crippen LogP contribution in [0.3, 0.4) is 0 Å². The van der Waals surface area contributed by atoms with Gasteiger partial charge >= 0.3 is 5.63 Å². The van der Waals surface area contributed by atoms with Crippen LogP contribution in [0.5, 0.6) is 5.75 Å². The highest BCUT2D eigenvalue weighted by Gasteiger charge is 2.20. The van der Waals surface area contributed by atoms with E-state index in [0.717, 1.165) is 5.39 Å². The van der Waals surface area contributed by atoms with Gasteiger partial charge in [-0.3, -0.25) is 0 Å². The smallest absolute Gasteiger partial charge is 0.336 e. The van der Waals surface area contributed by atoms with Gasteiger partial charge in [-0.15, -0.1) is 0 Å². The number of aliphatic hydroxyl groups excluding tert-OH is 1. The zero-order valence-corrected chi connectivity index (χ0v) is 12.9. The molecule has 122 valence electrons. The van der Waals surface area contributed by atoms with Crippen LogP contribution in [-0.4, -0.2) is 28.5 Å². The van der Waals surface area contributed by atoms with E-state index in [-0.39, 0.29) is 13.0 Å². The SMILES string of the molecule is CC(C)(O)C[C@H](O)COc1c2ccoc2cc2oc(=O)ccc12. The summed E-state index contributed by atoms with van der Waals surface area (Å²) in [4.78, 5) is 11.4. The highest BCUT2D eigenvalue weighted by atomic mass is 16.5. The van der Waals surface area contributed by atoms with Crippen LogP contribution in [0, 0.1) is 0 Å². The number of hydrogen-bond donors (Lipinski definition) is 2. The molecule has 6 heteroatoms. The van der Waals surface area contributed by atoms with E-state index >= 15 is 0 Å². The molecule has 3 rings (SSSR count). The summed E-state index contributed by atoms with van der Waals surface area (Å²) in [5.41, 5.74) is -0.568. The molecule has 1 aromatic carbocycles. The topological polar surface area (TPSA) is 93.0 Å². The second-order valence-electron chi connectivity index (χ2n) is 6.19. The molecule has 0 saturated carbocycles. The molecular formula is C17H18O6. The molecule has 0 aliphatic carbocycles. The molecule has 3 aromatic rings. The summed E-state index contributed by atoms with van der Waals surface area (Å²) < 4.78 is 16.3. The predicted octanol–water partition coefficient (Wildman–Crippen LogP) is 2.44. The molecule has 0 radical (unpaired) electrons. The Morgan fingerprint density at radius 1 is 1.22 bits per heavy atom. The van der Waals surface area contributed by atoms with E-state index < -0.39 is 17.3 Å². The highest BCUT2D eigenvalue weighted by Crippen LogP contribution is 2.35. The van der Waals surface area contributed by atoms with Crippen LogP contribution in [0.15, 0.2) is 44.2 Å². The van der Waals surface area contributed by atoms with Crippen LogP contribution < -0.4 is 10.4 Å². The lowest BCUT2D eigenvalue weighted by Gasteiger charge is -2.21. The molecule has 0 unspecified atom stereocenters. The lowest BCUT2D eigenvalue weighted by molar-refractivity contribution is 0.00220. The van der Waals surface area contributed by atoms with Crippen molar-refractivity contribution in [3.63, 3.8) is 0 Å². The summed E-state index contributed by atoms with van der Waals surface area (Å²) in [6, 6.07) is 6.31. The van der Waals surface area contributed by atoms with E-state index in [0.29, 0.717) is 22.3 Å². The molecule has 0 spiro atoms. The Balaban J connectivity index is 1.97. The first kappa shape index (κ1) is 15.6. The minimum Gasteiger partial charge on any atom is -0.489 e. The molecule has 1 atom stereocenters. The molecule has 0 bridgehead atoms. The maximum atomic E-state index is 11.4. The monoisotopic (exact) mass is 318 g/mol. The van der Waals surface area contributed by atoms with Gasteiger partial charge in [0.15, 0.2) is 0 Å². The minimum absolute atomic E-state index is 0.00249. The van der Waals surface area contributed by atoms with E-state index in [1.165, 1.54) is 12.3 Å². The molecule has 0 aliphatic heterocycles. The third kappa shape index (κ3) is 3.38. The summed E-state index contributed by atoms with van der Waals surface area (Å²) >= 11 is 0. The van der Waals surface area contributed by atoms with Crippen LogP contribution >= 0.6 is 0 Å². The maximum absolute atomic E-state index is 11.4. The van der Waals surface area contributed by atoms with Gasteiger partial charge in [0.2, 0.25) is 0 Å². The van der Waals surface area contributed by atoms with E-state index in [1.807, 2.05) is 0 Å². The van der Waals surface area contributed by atoms with Crippen molar-refractivity contribution in [2.75, 3.05) is 6.61 Å². The number of furan rings is 1. The van der Waals surface area contributed by atoms with E-state index in [4.69, 9.17) is 13.6 Å². The van der Waals surface area contributed by atoms with E-state index in [1.54, 1.807) is 32.0 Å². The Kier molecular flexibility index (Phi) is 3.87. The molecule has 0 fully saturated rings. The Hall–Kier alpha value is -2.31.